The third kappa shape index (κ3) is 1.17. The van der Waals surface area contributed by atoms with Gasteiger partial charge in [0, 0.05) is 19.3 Å². The van der Waals surface area contributed by atoms with Crippen LogP contribution in [0.5, 0.6) is 0 Å². The Labute approximate surface area is 97.2 Å². The molecular formula is C12H9NO4. The van der Waals surface area contributed by atoms with Gasteiger partial charge in [-0.15, -0.1) is 0 Å². The Morgan fingerprint density at radius 3 is 2.82 bits per heavy atom. The smallest absolute Gasteiger partial charge is 0.344 e. The zero-order valence-corrected chi connectivity index (χ0v) is 9.04. The highest BCUT2D eigenvalue weighted by molar-refractivity contribution is 6.11. The molecule has 0 fully saturated rings. The van der Waals surface area contributed by atoms with Crippen molar-refractivity contribution in [2.24, 2.45) is 0 Å². The maximum atomic E-state index is 11.8. The topological polar surface area (TPSA) is 55.8 Å². The molecule has 2 heterocycles. The first-order valence-corrected chi connectivity index (χ1v) is 5.09. The van der Waals surface area contributed by atoms with Crippen LogP contribution in [0.4, 0.5) is 5.69 Å². The number of anilines is 1. The van der Waals surface area contributed by atoms with Gasteiger partial charge in [-0.05, 0) is 12.1 Å². The minimum Gasteiger partial charge on any atom is -0.406 e. The van der Waals surface area contributed by atoms with E-state index in [2.05, 4.69) is 0 Å². The van der Waals surface area contributed by atoms with Gasteiger partial charge in [0.2, 0.25) is 0 Å². The Morgan fingerprint density at radius 2 is 2.06 bits per heavy atom. The van der Waals surface area contributed by atoms with Crippen LogP contribution in [0.3, 0.4) is 0 Å². The summed E-state index contributed by atoms with van der Waals surface area (Å²) < 4.78 is 10.4. The number of carbonyl (C=O) groups is 2. The van der Waals surface area contributed by atoms with E-state index in [1.54, 1.807) is 24.3 Å². The quantitative estimate of drug-likeness (QED) is 0.678. The summed E-state index contributed by atoms with van der Waals surface area (Å²) in [5.74, 6) is -2.20. The highest BCUT2D eigenvalue weighted by Gasteiger charge is 2.51. The summed E-state index contributed by atoms with van der Waals surface area (Å²) >= 11 is 0. The number of rotatable bonds is 1. The molecule has 1 aromatic rings. The van der Waals surface area contributed by atoms with E-state index in [1.165, 1.54) is 24.2 Å². The second kappa shape index (κ2) is 3.18. The van der Waals surface area contributed by atoms with Crippen LogP contribution in [0.15, 0.2) is 36.4 Å². The van der Waals surface area contributed by atoms with Gasteiger partial charge in [-0.25, -0.2) is 9.69 Å². The van der Waals surface area contributed by atoms with Gasteiger partial charge in [-0.2, -0.15) is 0 Å². The van der Waals surface area contributed by atoms with E-state index >= 15 is 0 Å². The van der Waals surface area contributed by atoms with Gasteiger partial charge >= 0.3 is 11.9 Å². The van der Waals surface area contributed by atoms with Crippen LogP contribution in [0.2, 0.25) is 0 Å². The predicted molar refractivity (Wildman–Crippen MR) is 58.2 cm³/mol. The van der Waals surface area contributed by atoms with E-state index in [4.69, 9.17) is 9.47 Å². The first-order chi connectivity index (χ1) is 8.18. The maximum absolute atomic E-state index is 11.8. The zero-order chi connectivity index (χ0) is 12.0. The fourth-order valence-corrected chi connectivity index (χ4v) is 2.08. The van der Waals surface area contributed by atoms with Crippen molar-refractivity contribution in [2.45, 2.75) is 5.91 Å². The SMILES string of the molecule is COC12C=CC(=O)N1c1ccccc1C(=O)O2. The molecule has 0 aliphatic carbocycles. The number of amides is 1. The molecule has 2 aliphatic heterocycles. The van der Waals surface area contributed by atoms with Gasteiger partial charge in [0.1, 0.15) is 0 Å². The van der Waals surface area contributed by atoms with Crippen LogP contribution < -0.4 is 4.90 Å². The van der Waals surface area contributed by atoms with Crippen LogP contribution in [0.25, 0.3) is 0 Å². The lowest BCUT2D eigenvalue weighted by Crippen LogP contribution is -2.54. The van der Waals surface area contributed by atoms with Gasteiger partial charge in [0.05, 0.1) is 11.3 Å². The van der Waals surface area contributed by atoms with E-state index < -0.39 is 11.9 Å². The third-order valence-corrected chi connectivity index (χ3v) is 2.86. The molecule has 0 saturated heterocycles. The lowest BCUT2D eigenvalue weighted by Gasteiger charge is -2.39. The number of ether oxygens (including phenoxy) is 2. The van der Waals surface area contributed by atoms with Crippen molar-refractivity contribution in [1.82, 2.24) is 0 Å². The number of methoxy groups -OCH3 is 1. The summed E-state index contributed by atoms with van der Waals surface area (Å²) in [6.45, 7) is 0. The molecule has 1 aromatic carbocycles. The van der Waals surface area contributed by atoms with E-state index in [9.17, 15) is 9.59 Å². The Kier molecular flexibility index (Phi) is 1.88. The van der Waals surface area contributed by atoms with Crippen molar-refractivity contribution in [2.75, 3.05) is 12.0 Å². The molecule has 2 aliphatic rings. The van der Waals surface area contributed by atoms with Crippen molar-refractivity contribution in [3.63, 3.8) is 0 Å². The van der Waals surface area contributed by atoms with Crippen molar-refractivity contribution < 1.29 is 19.1 Å². The fourth-order valence-electron chi connectivity index (χ4n) is 2.08. The van der Waals surface area contributed by atoms with Crippen LogP contribution in [0.1, 0.15) is 10.4 Å². The number of fused-ring (bicyclic) bond motifs is 3. The van der Waals surface area contributed by atoms with Crippen LogP contribution in [-0.2, 0) is 14.3 Å². The molecule has 3 rings (SSSR count). The molecule has 0 N–H and O–H groups in total. The van der Waals surface area contributed by atoms with Gasteiger partial charge < -0.3 is 9.47 Å². The van der Waals surface area contributed by atoms with Gasteiger partial charge in [0.25, 0.3) is 5.91 Å². The molecule has 0 saturated carbocycles. The lowest BCUT2D eigenvalue weighted by molar-refractivity contribution is -0.157. The number of hydrogen-bond acceptors (Lipinski definition) is 4. The largest absolute Gasteiger partial charge is 0.406 e. The molecule has 0 spiro atoms. The molecular weight excluding hydrogens is 222 g/mol. The standard InChI is InChI=1S/C12H9NO4/c1-16-12-7-6-10(14)13(12)9-5-3-2-4-8(9)11(15)17-12/h2-7H,1H3. The van der Waals surface area contributed by atoms with Crippen molar-refractivity contribution in [3.8, 4) is 0 Å². The van der Waals surface area contributed by atoms with Crippen molar-refractivity contribution in [3.05, 3.63) is 42.0 Å². The predicted octanol–water partition coefficient (Wildman–Crippen LogP) is 1.06. The van der Waals surface area contributed by atoms with Gasteiger partial charge in [0.15, 0.2) is 0 Å². The fraction of sp³-hybridized carbons (Fsp3) is 0.167. The van der Waals surface area contributed by atoms with E-state index in [0.717, 1.165) is 0 Å². The second-order valence-electron chi connectivity index (χ2n) is 3.75. The minimum absolute atomic E-state index is 0.271. The molecule has 5 nitrogen and oxygen atoms in total. The Balaban J connectivity index is 2.24. The monoisotopic (exact) mass is 231 g/mol. The van der Waals surface area contributed by atoms with Crippen molar-refractivity contribution in [1.29, 1.82) is 0 Å². The highest BCUT2D eigenvalue weighted by Crippen LogP contribution is 2.39. The zero-order valence-electron chi connectivity index (χ0n) is 9.04. The molecule has 86 valence electrons. The molecule has 0 aromatic heterocycles. The first kappa shape index (κ1) is 10.0. The Morgan fingerprint density at radius 1 is 1.29 bits per heavy atom. The molecule has 1 unspecified atom stereocenters. The average Bonchev–Trinajstić information content (AvgIpc) is 2.68. The number of para-hydroxylation sites is 1. The minimum atomic E-state index is -1.43. The molecule has 0 bridgehead atoms. The average molecular weight is 231 g/mol. The van der Waals surface area contributed by atoms with Crippen LogP contribution in [-0.4, -0.2) is 24.9 Å². The number of nitrogens with zero attached hydrogens (tertiary/aromatic N) is 1. The molecule has 5 heteroatoms. The summed E-state index contributed by atoms with van der Waals surface area (Å²) in [5, 5.41) is 0. The van der Waals surface area contributed by atoms with Crippen LogP contribution in [0, 0.1) is 0 Å². The Hall–Kier alpha value is -2.14. The number of benzene rings is 1. The van der Waals surface area contributed by atoms with Gasteiger partial charge in [-0.3, -0.25) is 4.79 Å². The van der Waals surface area contributed by atoms with E-state index in [-0.39, 0.29) is 5.91 Å². The van der Waals surface area contributed by atoms with E-state index in [1.807, 2.05) is 0 Å². The highest BCUT2D eigenvalue weighted by atomic mass is 16.7. The summed E-state index contributed by atoms with van der Waals surface area (Å²) in [6.07, 6.45) is 2.77. The third-order valence-electron chi connectivity index (χ3n) is 2.86. The molecule has 1 amide bonds. The Bertz CT molecular complexity index is 551. The first-order valence-electron chi connectivity index (χ1n) is 5.09. The maximum Gasteiger partial charge on any atom is 0.344 e. The van der Waals surface area contributed by atoms with Gasteiger partial charge in [-0.1, -0.05) is 12.1 Å². The van der Waals surface area contributed by atoms with E-state index in [0.29, 0.717) is 11.3 Å². The summed E-state index contributed by atoms with van der Waals surface area (Å²) in [5.41, 5.74) is 0.859. The molecule has 17 heavy (non-hydrogen) atoms. The number of hydrogen-bond donors (Lipinski definition) is 0. The van der Waals surface area contributed by atoms with Crippen LogP contribution >= 0.6 is 0 Å². The van der Waals surface area contributed by atoms with Crippen molar-refractivity contribution >= 4 is 17.6 Å². The molecule has 1 atom stereocenters. The normalized spacial score (nSPS) is 25.6. The summed E-state index contributed by atoms with van der Waals surface area (Å²) in [7, 11) is 1.39. The lowest BCUT2D eigenvalue weighted by atomic mass is 10.1. The molecule has 0 radical (unpaired) electrons. The summed E-state index contributed by atoms with van der Waals surface area (Å²) in [4.78, 5) is 25.0. The summed E-state index contributed by atoms with van der Waals surface area (Å²) in [6, 6.07) is 6.77. The second-order valence-corrected chi connectivity index (χ2v) is 3.75. The number of carbonyl (C=O) groups excluding carboxylic acids is 2. The number of esters is 1.